The van der Waals surface area contributed by atoms with Crippen LogP contribution in [0.1, 0.15) is 78.6 Å². The molecule has 0 radical (unpaired) electrons. The molecule has 3 nitrogen and oxygen atoms in total. The third kappa shape index (κ3) is 9.35. The van der Waals surface area contributed by atoms with Crippen LogP contribution in [-0.2, 0) is 4.79 Å². The Bertz CT molecular complexity index is 219. The molecule has 0 aliphatic heterocycles. The average molecular weight is 284 g/mol. The molecule has 0 saturated heterocycles. The Balaban J connectivity index is 4.18. The van der Waals surface area contributed by atoms with Crippen LogP contribution in [0.15, 0.2) is 0 Å². The summed E-state index contributed by atoms with van der Waals surface area (Å²) in [7, 11) is 0. The zero-order chi connectivity index (χ0) is 15.2. The minimum absolute atomic E-state index is 0.0809. The highest BCUT2D eigenvalue weighted by atomic mass is 16.2. The van der Waals surface area contributed by atoms with E-state index in [1.165, 1.54) is 38.5 Å². The Morgan fingerprint density at radius 1 is 0.950 bits per heavy atom. The first-order chi connectivity index (χ1) is 9.67. The molecule has 2 N–H and O–H groups in total. The Labute approximate surface area is 126 Å². The fraction of sp³-hybridized carbons (Fsp3) is 0.941. The van der Waals surface area contributed by atoms with Gasteiger partial charge >= 0.3 is 0 Å². The smallest absolute Gasteiger partial charge is 0.225 e. The third-order valence-electron chi connectivity index (χ3n) is 3.90. The normalized spacial score (nSPS) is 12.4. The van der Waals surface area contributed by atoms with Crippen LogP contribution in [-0.4, -0.2) is 30.4 Å². The molecule has 0 saturated carbocycles. The Morgan fingerprint density at radius 3 is 1.85 bits per heavy atom. The first-order valence-electron chi connectivity index (χ1n) is 8.66. The SMILES string of the molecule is CCCCCCN(CCCCCC)C(=O)C(C)CCN. The number of hydrogen-bond donors (Lipinski definition) is 1. The van der Waals surface area contributed by atoms with E-state index in [4.69, 9.17) is 5.73 Å². The predicted molar refractivity (Wildman–Crippen MR) is 87.7 cm³/mol. The van der Waals surface area contributed by atoms with Gasteiger partial charge in [-0.3, -0.25) is 4.79 Å². The fourth-order valence-electron chi connectivity index (χ4n) is 2.48. The van der Waals surface area contributed by atoms with Crippen molar-refractivity contribution in [3.63, 3.8) is 0 Å². The average Bonchev–Trinajstić information content (AvgIpc) is 2.45. The van der Waals surface area contributed by atoms with Crippen LogP contribution in [0.2, 0.25) is 0 Å². The lowest BCUT2D eigenvalue weighted by Gasteiger charge is -2.26. The molecular weight excluding hydrogens is 248 g/mol. The highest BCUT2D eigenvalue weighted by molar-refractivity contribution is 5.78. The van der Waals surface area contributed by atoms with Gasteiger partial charge in [0.1, 0.15) is 0 Å². The molecule has 0 aromatic heterocycles. The molecule has 1 unspecified atom stereocenters. The van der Waals surface area contributed by atoms with Gasteiger partial charge in [-0.2, -0.15) is 0 Å². The van der Waals surface area contributed by atoms with Gasteiger partial charge in [-0.1, -0.05) is 59.3 Å². The molecule has 3 heteroatoms. The maximum absolute atomic E-state index is 12.4. The van der Waals surface area contributed by atoms with Crippen molar-refractivity contribution in [2.75, 3.05) is 19.6 Å². The van der Waals surface area contributed by atoms with Crippen molar-refractivity contribution in [2.24, 2.45) is 11.7 Å². The van der Waals surface area contributed by atoms with E-state index in [1.54, 1.807) is 0 Å². The number of rotatable bonds is 13. The quantitative estimate of drug-likeness (QED) is 0.520. The largest absolute Gasteiger partial charge is 0.342 e. The summed E-state index contributed by atoms with van der Waals surface area (Å²) < 4.78 is 0. The third-order valence-corrected chi connectivity index (χ3v) is 3.90. The van der Waals surface area contributed by atoms with Crippen LogP contribution >= 0.6 is 0 Å². The first kappa shape index (κ1) is 19.4. The summed E-state index contributed by atoms with van der Waals surface area (Å²) in [5, 5.41) is 0. The van der Waals surface area contributed by atoms with E-state index in [0.29, 0.717) is 12.5 Å². The molecule has 0 fully saturated rings. The standard InChI is InChI=1S/C17H36N2O/c1-4-6-8-10-14-19(15-11-9-7-5-2)17(20)16(3)12-13-18/h16H,4-15,18H2,1-3H3. The summed E-state index contributed by atoms with van der Waals surface area (Å²) in [5.41, 5.74) is 5.58. The van der Waals surface area contributed by atoms with Gasteiger partial charge in [0, 0.05) is 19.0 Å². The second-order valence-corrected chi connectivity index (χ2v) is 5.93. The number of hydrogen-bond acceptors (Lipinski definition) is 2. The lowest BCUT2D eigenvalue weighted by molar-refractivity contribution is -0.135. The fourth-order valence-corrected chi connectivity index (χ4v) is 2.48. The van der Waals surface area contributed by atoms with Crippen molar-refractivity contribution in [3.05, 3.63) is 0 Å². The van der Waals surface area contributed by atoms with Gasteiger partial charge in [-0.25, -0.2) is 0 Å². The first-order valence-corrected chi connectivity index (χ1v) is 8.66. The van der Waals surface area contributed by atoms with Gasteiger partial charge < -0.3 is 10.6 Å². The highest BCUT2D eigenvalue weighted by Gasteiger charge is 2.19. The summed E-state index contributed by atoms with van der Waals surface area (Å²) in [5.74, 6) is 0.390. The molecule has 120 valence electrons. The van der Waals surface area contributed by atoms with Crippen molar-refractivity contribution in [1.29, 1.82) is 0 Å². The van der Waals surface area contributed by atoms with E-state index in [-0.39, 0.29) is 5.92 Å². The molecule has 20 heavy (non-hydrogen) atoms. The molecule has 0 bridgehead atoms. The topological polar surface area (TPSA) is 46.3 Å². The van der Waals surface area contributed by atoms with Crippen LogP contribution in [0.3, 0.4) is 0 Å². The molecule has 1 atom stereocenters. The zero-order valence-electron chi connectivity index (χ0n) is 14.0. The van der Waals surface area contributed by atoms with Crippen molar-refractivity contribution >= 4 is 5.91 Å². The minimum atomic E-state index is 0.0809. The van der Waals surface area contributed by atoms with E-state index in [9.17, 15) is 4.79 Å². The second-order valence-electron chi connectivity index (χ2n) is 5.93. The summed E-state index contributed by atoms with van der Waals surface area (Å²) in [4.78, 5) is 14.5. The molecule has 0 aliphatic rings. The van der Waals surface area contributed by atoms with Gasteiger partial charge in [0.25, 0.3) is 0 Å². The molecule has 0 aromatic rings. The van der Waals surface area contributed by atoms with Crippen LogP contribution in [0, 0.1) is 5.92 Å². The van der Waals surface area contributed by atoms with Gasteiger partial charge in [-0.05, 0) is 25.8 Å². The van der Waals surface area contributed by atoms with Gasteiger partial charge in [0.2, 0.25) is 5.91 Å². The lowest BCUT2D eigenvalue weighted by Crippen LogP contribution is -2.37. The van der Waals surface area contributed by atoms with Crippen LogP contribution in [0.4, 0.5) is 0 Å². The number of carbonyl (C=O) groups is 1. The van der Waals surface area contributed by atoms with E-state index in [1.807, 2.05) is 6.92 Å². The Kier molecular flexibility index (Phi) is 13.0. The van der Waals surface area contributed by atoms with Crippen LogP contribution in [0.25, 0.3) is 0 Å². The predicted octanol–water partition coefficient (Wildman–Crippen LogP) is 3.96. The summed E-state index contributed by atoms with van der Waals surface area (Å²) >= 11 is 0. The molecular formula is C17H36N2O. The number of carbonyl (C=O) groups excluding carboxylic acids is 1. The summed E-state index contributed by atoms with van der Waals surface area (Å²) in [6.45, 7) is 8.92. The molecule has 0 rings (SSSR count). The summed E-state index contributed by atoms with van der Waals surface area (Å²) in [6.07, 6.45) is 10.6. The van der Waals surface area contributed by atoms with Gasteiger partial charge in [0.15, 0.2) is 0 Å². The second kappa shape index (κ2) is 13.4. The molecule has 0 heterocycles. The minimum Gasteiger partial charge on any atom is -0.342 e. The van der Waals surface area contributed by atoms with E-state index >= 15 is 0 Å². The van der Waals surface area contributed by atoms with Gasteiger partial charge in [-0.15, -0.1) is 0 Å². The van der Waals surface area contributed by atoms with Crippen molar-refractivity contribution in [1.82, 2.24) is 4.90 Å². The maximum Gasteiger partial charge on any atom is 0.225 e. The monoisotopic (exact) mass is 284 g/mol. The Morgan fingerprint density at radius 2 is 1.45 bits per heavy atom. The van der Waals surface area contributed by atoms with Crippen LogP contribution < -0.4 is 5.73 Å². The highest BCUT2D eigenvalue weighted by Crippen LogP contribution is 2.11. The number of nitrogens with two attached hydrogens (primary N) is 1. The molecule has 0 aliphatic carbocycles. The summed E-state index contributed by atoms with van der Waals surface area (Å²) in [6, 6.07) is 0. The van der Waals surface area contributed by atoms with Crippen molar-refractivity contribution < 1.29 is 4.79 Å². The van der Waals surface area contributed by atoms with Gasteiger partial charge in [0.05, 0.1) is 0 Å². The Hall–Kier alpha value is -0.570. The molecule has 1 amide bonds. The van der Waals surface area contributed by atoms with E-state index < -0.39 is 0 Å². The van der Waals surface area contributed by atoms with Crippen molar-refractivity contribution in [2.45, 2.75) is 78.6 Å². The molecule has 0 aromatic carbocycles. The number of nitrogens with zero attached hydrogens (tertiary/aromatic N) is 1. The van der Waals surface area contributed by atoms with E-state index in [2.05, 4.69) is 18.7 Å². The zero-order valence-corrected chi connectivity index (χ0v) is 14.0. The van der Waals surface area contributed by atoms with Crippen LogP contribution in [0.5, 0.6) is 0 Å². The van der Waals surface area contributed by atoms with E-state index in [0.717, 1.165) is 32.4 Å². The number of amides is 1. The van der Waals surface area contributed by atoms with Crippen molar-refractivity contribution in [3.8, 4) is 0 Å². The maximum atomic E-state index is 12.4. The number of unbranched alkanes of at least 4 members (excludes halogenated alkanes) is 6. The molecule has 0 spiro atoms. The lowest BCUT2D eigenvalue weighted by atomic mass is 10.1.